The fraction of sp³-hybridized carbons (Fsp3) is 0.208. The van der Waals surface area contributed by atoms with E-state index < -0.39 is 0 Å². The summed E-state index contributed by atoms with van der Waals surface area (Å²) in [4.78, 5) is 12.8. The molecule has 0 unspecified atom stereocenters. The highest BCUT2D eigenvalue weighted by Gasteiger charge is 2.17. The molecule has 3 aromatic carbocycles. The van der Waals surface area contributed by atoms with Gasteiger partial charge in [-0.2, -0.15) is 0 Å². The van der Waals surface area contributed by atoms with E-state index in [4.69, 9.17) is 21.1 Å². The zero-order chi connectivity index (χ0) is 21.0. The average Bonchev–Trinajstić information content (AvgIpc) is 2.70. The molecule has 0 aliphatic rings. The van der Waals surface area contributed by atoms with Gasteiger partial charge in [0.05, 0.1) is 12.1 Å². The predicted octanol–water partition coefficient (Wildman–Crippen LogP) is 6.11. The van der Waals surface area contributed by atoms with Crippen molar-refractivity contribution in [3.63, 3.8) is 0 Å². The summed E-state index contributed by atoms with van der Waals surface area (Å²) in [7, 11) is 1.52. The lowest BCUT2D eigenvalue weighted by molar-refractivity contribution is 0.102. The molecule has 1 N–H and O–H groups in total. The standard InChI is InChI=1S/C24H24ClNO3/c1-15-6-9-18(10-7-15)14-29-23-20(25)12-19(13-22(23)28-4)24(27)26-21-11-16(2)5-8-17(21)3/h5-13H,14H2,1-4H3,(H,26,27). The lowest BCUT2D eigenvalue weighted by Crippen LogP contribution is -2.13. The first kappa shape index (κ1) is 20.7. The van der Waals surface area contributed by atoms with Crippen LogP contribution in [0.3, 0.4) is 0 Å². The number of carbonyl (C=O) groups is 1. The number of halogens is 1. The summed E-state index contributed by atoms with van der Waals surface area (Å²) in [6.45, 7) is 6.32. The first-order valence-corrected chi connectivity index (χ1v) is 9.69. The van der Waals surface area contributed by atoms with Crippen LogP contribution < -0.4 is 14.8 Å². The van der Waals surface area contributed by atoms with Gasteiger partial charge in [-0.3, -0.25) is 4.79 Å². The molecule has 4 nitrogen and oxygen atoms in total. The van der Waals surface area contributed by atoms with Gasteiger partial charge in [0.25, 0.3) is 5.91 Å². The Morgan fingerprint density at radius 1 is 0.966 bits per heavy atom. The van der Waals surface area contributed by atoms with Crippen LogP contribution in [0.25, 0.3) is 0 Å². The van der Waals surface area contributed by atoms with Crippen molar-refractivity contribution in [2.75, 3.05) is 12.4 Å². The van der Waals surface area contributed by atoms with Crippen LogP contribution in [0.2, 0.25) is 5.02 Å². The van der Waals surface area contributed by atoms with Crippen molar-refractivity contribution in [2.45, 2.75) is 27.4 Å². The Kier molecular flexibility index (Phi) is 6.45. The largest absolute Gasteiger partial charge is 0.493 e. The summed E-state index contributed by atoms with van der Waals surface area (Å²) in [5.74, 6) is 0.567. The van der Waals surface area contributed by atoms with E-state index in [0.717, 1.165) is 22.4 Å². The third-order valence-corrected chi connectivity index (χ3v) is 4.92. The van der Waals surface area contributed by atoms with E-state index in [1.165, 1.54) is 12.7 Å². The van der Waals surface area contributed by atoms with Gasteiger partial charge in [-0.25, -0.2) is 0 Å². The van der Waals surface area contributed by atoms with Crippen molar-refractivity contribution in [2.24, 2.45) is 0 Å². The molecule has 3 rings (SSSR count). The van der Waals surface area contributed by atoms with E-state index >= 15 is 0 Å². The van der Waals surface area contributed by atoms with Crippen molar-refractivity contribution >= 4 is 23.2 Å². The van der Waals surface area contributed by atoms with Gasteiger partial charge in [0, 0.05) is 11.3 Å². The Labute approximate surface area is 176 Å². The van der Waals surface area contributed by atoms with Crippen LogP contribution in [0.5, 0.6) is 11.5 Å². The van der Waals surface area contributed by atoms with Gasteiger partial charge in [0.1, 0.15) is 6.61 Å². The molecule has 1 amide bonds. The zero-order valence-electron chi connectivity index (χ0n) is 17.0. The minimum Gasteiger partial charge on any atom is -0.493 e. The van der Waals surface area contributed by atoms with Gasteiger partial charge in [-0.05, 0) is 55.7 Å². The van der Waals surface area contributed by atoms with Gasteiger partial charge in [-0.15, -0.1) is 0 Å². The highest BCUT2D eigenvalue weighted by Crippen LogP contribution is 2.37. The molecule has 0 spiro atoms. The van der Waals surface area contributed by atoms with Crippen molar-refractivity contribution in [3.8, 4) is 11.5 Å². The highest BCUT2D eigenvalue weighted by molar-refractivity contribution is 6.32. The van der Waals surface area contributed by atoms with Crippen LogP contribution in [-0.2, 0) is 6.61 Å². The fourth-order valence-electron chi connectivity index (χ4n) is 2.90. The second-order valence-electron chi connectivity index (χ2n) is 7.04. The number of hydrogen-bond donors (Lipinski definition) is 1. The Morgan fingerprint density at radius 2 is 1.66 bits per heavy atom. The van der Waals surface area contributed by atoms with E-state index in [-0.39, 0.29) is 5.91 Å². The van der Waals surface area contributed by atoms with E-state index in [2.05, 4.69) is 5.32 Å². The topological polar surface area (TPSA) is 47.6 Å². The summed E-state index contributed by atoms with van der Waals surface area (Å²) in [5.41, 5.74) is 5.43. The lowest BCUT2D eigenvalue weighted by Gasteiger charge is -2.15. The summed E-state index contributed by atoms with van der Waals surface area (Å²) >= 11 is 6.42. The Balaban J connectivity index is 1.80. The summed E-state index contributed by atoms with van der Waals surface area (Å²) in [6, 6.07) is 17.2. The Bertz CT molecular complexity index is 1030. The second-order valence-corrected chi connectivity index (χ2v) is 7.44. The van der Waals surface area contributed by atoms with E-state index in [1.807, 2.05) is 63.2 Å². The maximum absolute atomic E-state index is 12.8. The van der Waals surface area contributed by atoms with Gasteiger partial charge in [0.2, 0.25) is 0 Å². The number of carbonyl (C=O) groups excluding carboxylic acids is 1. The van der Waals surface area contributed by atoms with Gasteiger partial charge >= 0.3 is 0 Å². The first-order chi connectivity index (χ1) is 13.9. The third kappa shape index (κ3) is 5.09. The van der Waals surface area contributed by atoms with Crippen molar-refractivity contribution in [3.05, 3.63) is 87.4 Å². The lowest BCUT2D eigenvalue weighted by atomic mass is 10.1. The minimum atomic E-state index is -0.260. The molecule has 0 atom stereocenters. The second kappa shape index (κ2) is 9.01. The molecule has 0 fully saturated rings. The van der Waals surface area contributed by atoms with Crippen LogP contribution >= 0.6 is 11.6 Å². The number of amides is 1. The van der Waals surface area contributed by atoms with Gasteiger partial charge in [-0.1, -0.05) is 53.6 Å². The molecule has 0 heterocycles. The number of nitrogens with one attached hydrogen (secondary N) is 1. The maximum Gasteiger partial charge on any atom is 0.255 e. The van der Waals surface area contributed by atoms with Gasteiger partial charge < -0.3 is 14.8 Å². The molecule has 0 aliphatic carbocycles. The molecule has 0 aromatic heterocycles. The Hall–Kier alpha value is -2.98. The van der Waals surface area contributed by atoms with Crippen molar-refractivity contribution < 1.29 is 14.3 Å². The van der Waals surface area contributed by atoms with Crippen LogP contribution in [0.4, 0.5) is 5.69 Å². The fourth-order valence-corrected chi connectivity index (χ4v) is 3.16. The summed E-state index contributed by atoms with van der Waals surface area (Å²) in [6.07, 6.45) is 0. The number of aryl methyl sites for hydroxylation is 3. The maximum atomic E-state index is 12.8. The van der Waals surface area contributed by atoms with Crippen molar-refractivity contribution in [1.82, 2.24) is 0 Å². The molecule has 3 aromatic rings. The van der Waals surface area contributed by atoms with Crippen LogP contribution in [-0.4, -0.2) is 13.0 Å². The van der Waals surface area contributed by atoms with E-state index in [9.17, 15) is 4.79 Å². The van der Waals surface area contributed by atoms with Crippen LogP contribution in [0, 0.1) is 20.8 Å². The number of anilines is 1. The molecule has 0 saturated carbocycles. The third-order valence-electron chi connectivity index (χ3n) is 4.64. The summed E-state index contributed by atoms with van der Waals surface area (Å²) in [5, 5.41) is 3.26. The normalized spacial score (nSPS) is 10.5. The molecular weight excluding hydrogens is 386 g/mol. The quantitative estimate of drug-likeness (QED) is 0.534. The molecule has 0 aliphatic heterocycles. The number of benzene rings is 3. The smallest absolute Gasteiger partial charge is 0.255 e. The van der Waals surface area contributed by atoms with E-state index in [0.29, 0.717) is 28.7 Å². The predicted molar refractivity (Wildman–Crippen MR) is 117 cm³/mol. The molecule has 150 valence electrons. The molecule has 29 heavy (non-hydrogen) atoms. The highest BCUT2D eigenvalue weighted by atomic mass is 35.5. The molecule has 0 saturated heterocycles. The SMILES string of the molecule is COc1cc(C(=O)Nc2cc(C)ccc2C)cc(Cl)c1OCc1ccc(C)cc1. The van der Waals surface area contributed by atoms with Crippen LogP contribution in [0.1, 0.15) is 32.6 Å². The number of ether oxygens (including phenoxy) is 2. The average molecular weight is 410 g/mol. The molecule has 5 heteroatoms. The van der Waals surface area contributed by atoms with Crippen LogP contribution in [0.15, 0.2) is 54.6 Å². The minimum absolute atomic E-state index is 0.260. The van der Waals surface area contributed by atoms with E-state index in [1.54, 1.807) is 12.1 Å². The van der Waals surface area contributed by atoms with Crippen molar-refractivity contribution in [1.29, 1.82) is 0 Å². The number of rotatable bonds is 6. The monoisotopic (exact) mass is 409 g/mol. The number of methoxy groups -OCH3 is 1. The Morgan fingerprint density at radius 3 is 2.34 bits per heavy atom. The first-order valence-electron chi connectivity index (χ1n) is 9.32. The molecule has 0 bridgehead atoms. The van der Waals surface area contributed by atoms with Gasteiger partial charge in [0.15, 0.2) is 11.5 Å². The summed E-state index contributed by atoms with van der Waals surface area (Å²) < 4.78 is 11.3. The molecule has 0 radical (unpaired) electrons. The molecular formula is C24H24ClNO3. The number of hydrogen-bond acceptors (Lipinski definition) is 3. The zero-order valence-corrected chi connectivity index (χ0v) is 17.8.